The predicted molar refractivity (Wildman–Crippen MR) is 67.8 cm³/mol. The molecule has 5 nitrogen and oxygen atoms in total. The van der Waals surface area contributed by atoms with Crippen LogP contribution in [0.4, 0.5) is 24.7 Å². The van der Waals surface area contributed by atoms with Gasteiger partial charge in [0.1, 0.15) is 11.7 Å². The van der Waals surface area contributed by atoms with E-state index in [9.17, 15) is 18.0 Å². The van der Waals surface area contributed by atoms with Crippen LogP contribution in [0.25, 0.3) is 0 Å². The molecule has 1 aliphatic rings. The van der Waals surface area contributed by atoms with Gasteiger partial charge in [-0.05, 0) is 18.0 Å². The third-order valence-electron chi connectivity index (χ3n) is 2.97. The Morgan fingerprint density at radius 1 is 1.50 bits per heavy atom. The van der Waals surface area contributed by atoms with E-state index < -0.39 is 18.6 Å². The summed E-state index contributed by atoms with van der Waals surface area (Å²) in [5.74, 6) is -0.145. The summed E-state index contributed by atoms with van der Waals surface area (Å²) in [5, 5.41) is 2.49. The van der Waals surface area contributed by atoms with E-state index in [1.807, 2.05) is 0 Å². The van der Waals surface area contributed by atoms with Crippen LogP contribution in [0.1, 0.15) is 19.8 Å². The standard InChI is InChI=1S/C11H12ClF3N4O/c1-2-7-9(20)17-6-5-16-10(12)18-8(6)19(7)4-3-11(13,14)15/h5,7H,2-4H2,1H3,(H,17,20)/t7-/m1/s1. The molecule has 0 unspecified atom stereocenters. The molecular formula is C11H12ClF3N4O. The first kappa shape index (κ1) is 14.8. The molecule has 1 aromatic rings. The first-order valence-corrected chi connectivity index (χ1v) is 6.36. The molecule has 0 aliphatic carbocycles. The van der Waals surface area contributed by atoms with Crippen molar-refractivity contribution in [2.45, 2.75) is 32.0 Å². The maximum atomic E-state index is 12.4. The van der Waals surface area contributed by atoms with Crippen molar-refractivity contribution in [1.82, 2.24) is 9.97 Å². The maximum Gasteiger partial charge on any atom is 0.390 e. The van der Waals surface area contributed by atoms with Crippen molar-refractivity contribution in [3.8, 4) is 0 Å². The zero-order valence-corrected chi connectivity index (χ0v) is 11.3. The Morgan fingerprint density at radius 2 is 2.20 bits per heavy atom. The van der Waals surface area contributed by atoms with E-state index >= 15 is 0 Å². The number of nitrogens with zero attached hydrogens (tertiary/aromatic N) is 3. The summed E-state index contributed by atoms with van der Waals surface area (Å²) in [6, 6.07) is -0.698. The fourth-order valence-electron chi connectivity index (χ4n) is 2.08. The lowest BCUT2D eigenvalue weighted by Crippen LogP contribution is -2.49. The highest BCUT2D eigenvalue weighted by atomic mass is 35.5. The summed E-state index contributed by atoms with van der Waals surface area (Å²) >= 11 is 5.68. The molecule has 0 saturated heterocycles. The van der Waals surface area contributed by atoms with E-state index in [-0.39, 0.29) is 29.2 Å². The average molecular weight is 309 g/mol. The number of fused-ring (bicyclic) bond motifs is 1. The molecule has 1 amide bonds. The fraction of sp³-hybridized carbons (Fsp3) is 0.545. The number of hydrogen-bond acceptors (Lipinski definition) is 4. The molecule has 0 saturated carbocycles. The molecule has 0 bridgehead atoms. The molecule has 0 spiro atoms. The number of rotatable bonds is 3. The minimum Gasteiger partial charge on any atom is -0.342 e. The Kier molecular flexibility index (Phi) is 4.03. The fourth-order valence-corrected chi connectivity index (χ4v) is 2.21. The summed E-state index contributed by atoms with van der Waals surface area (Å²) in [6.45, 7) is 1.37. The molecule has 1 atom stereocenters. The summed E-state index contributed by atoms with van der Waals surface area (Å²) in [5.41, 5.74) is 0.270. The monoisotopic (exact) mass is 308 g/mol. The van der Waals surface area contributed by atoms with Crippen molar-refractivity contribution in [3.05, 3.63) is 11.5 Å². The molecule has 2 rings (SSSR count). The van der Waals surface area contributed by atoms with E-state index in [1.165, 1.54) is 11.1 Å². The van der Waals surface area contributed by atoms with Crippen molar-refractivity contribution >= 4 is 29.0 Å². The Hall–Kier alpha value is -1.57. The van der Waals surface area contributed by atoms with Crippen LogP contribution in [-0.4, -0.2) is 34.6 Å². The summed E-state index contributed by atoms with van der Waals surface area (Å²) in [4.78, 5) is 20.9. The molecule has 110 valence electrons. The SMILES string of the molecule is CC[C@@H]1C(=O)Nc2cnc(Cl)nc2N1CCC(F)(F)F. The van der Waals surface area contributed by atoms with Crippen molar-refractivity contribution in [2.75, 3.05) is 16.8 Å². The molecule has 20 heavy (non-hydrogen) atoms. The normalized spacial score (nSPS) is 18.8. The second kappa shape index (κ2) is 5.43. The Labute approximate surface area is 118 Å². The van der Waals surface area contributed by atoms with Gasteiger partial charge in [0.2, 0.25) is 11.2 Å². The van der Waals surface area contributed by atoms with Gasteiger partial charge in [0.15, 0.2) is 5.82 Å². The highest BCUT2D eigenvalue weighted by Gasteiger charge is 2.36. The number of anilines is 2. The predicted octanol–water partition coefficient (Wildman–Crippen LogP) is 2.62. The number of aromatic nitrogens is 2. The topological polar surface area (TPSA) is 58.1 Å². The van der Waals surface area contributed by atoms with Gasteiger partial charge in [-0.2, -0.15) is 18.2 Å². The molecule has 1 aliphatic heterocycles. The molecular weight excluding hydrogens is 297 g/mol. The zero-order valence-electron chi connectivity index (χ0n) is 10.5. The van der Waals surface area contributed by atoms with Gasteiger partial charge in [-0.25, -0.2) is 4.98 Å². The van der Waals surface area contributed by atoms with Gasteiger partial charge in [-0.3, -0.25) is 4.79 Å². The molecule has 2 heterocycles. The van der Waals surface area contributed by atoms with Crippen LogP contribution in [0.15, 0.2) is 6.20 Å². The van der Waals surface area contributed by atoms with Crippen molar-refractivity contribution in [2.24, 2.45) is 0 Å². The quantitative estimate of drug-likeness (QED) is 0.872. The van der Waals surface area contributed by atoms with Gasteiger partial charge in [0.05, 0.1) is 12.6 Å². The van der Waals surface area contributed by atoms with E-state index in [4.69, 9.17) is 11.6 Å². The minimum absolute atomic E-state index is 0.0771. The number of hydrogen-bond donors (Lipinski definition) is 1. The third-order valence-corrected chi connectivity index (χ3v) is 3.15. The second-order valence-corrected chi connectivity index (χ2v) is 4.69. The molecule has 0 aromatic carbocycles. The Balaban J connectivity index is 2.34. The number of carbonyl (C=O) groups excluding carboxylic acids is 1. The summed E-state index contributed by atoms with van der Waals surface area (Å²) < 4.78 is 37.2. The highest BCUT2D eigenvalue weighted by molar-refractivity contribution is 6.28. The Morgan fingerprint density at radius 3 is 2.80 bits per heavy atom. The summed E-state index contributed by atoms with van der Waals surface area (Å²) in [6.07, 6.45) is -3.68. The zero-order chi connectivity index (χ0) is 14.9. The first-order valence-electron chi connectivity index (χ1n) is 5.98. The second-order valence-electron chi connectivity index (χ2n) is 4.35. The smallest absolute Gasteiger partial charge is 0.342 e. The lowest BCUT2D eigenvalue weighted by molar-refractivity contribution is -0.133. The van der Waals surface area contributed by atoms with E-state index in [2.05, 4.69) is 15.3 Å². The number of nitrogens with one attached hydrogen (secondary N) is 1. The lowest BCUT2D eigenvalue weighted by Gasteiger charge is -2.36. The number of alkyl halides is 3. The number of carbonyl (C=O) groups is 1. The van der Waals surface area contributed by atoms with Crippen LogP contribution >= 0.6 is 11.6 Å². The number of halogens is 4. The largest absolute Gasteiger partial charge is 0.390 e. The minimum atomic E-state index is -4.30. The molecule has 1 N–H and O–H groups in total. The third kappa shape index (κ3) is 3.12. The van der Waals surface area contributed by atoms with Crippen LogP contribution in [0, 0.1) is 0 Å². The van der Waals surface area contributed by atoms with Gasteiger partial charge < -0.3 is 10.2 Å². The Bertz CT molecular complexity index is 523. The van der Waals surface area contributed by atoms with Gasteiger partial charge in [0.25, 0.3) is 0 Å². The maximum absolute atomic E-state index is 12.4. The summed E-state index contributed by atoms with van der Waals surface area (Å²) in [7, 11) is 0. The average Bonchev–Trinajstić information content (AvgIpc) is 2.35. The van der Waals surface area contributed by atoms with Crippen LogP contribution in [0.5, 0.6) is 0 Å². The van der Waals surface area contributed by atoms with Crippen molar-refractivity contribution in [3.63, 3.8) is 0 Å². The molecule has 1 aromatic heterocycles. The van der Waals surface area contributed by atoms with Crippen LogP contribution < -0.4 is 10.2 Å². The van der Waals surface area contributed by atoms with Gasteiger partial charge >= 0.3 is 6.18 Å². The molecule has 9 heteroatoms. The highest BCUT2D eigenvalue weighted by Crippen LogP contribution is 2.32. The first-order chi connectivity index (χ1) is 9.31. The van der Waals surface area contributed by atoms with Crippen LogP contribution in [-0.2, 0) is 4.79 Å². The van der Waals surface area contributed by atoms with E-state index in [0.717, 1.165) is 0 Å². The van der Waals surface area contributed by atoms with Gasteiger partial charge in [-0.15, -0.1) is 0 Å². The van der Waals surface area contributed by atoms with E-state index in [0.29, 0.717) is 6.42 Å². The van der Waals surface area contributed by atoms with Gasteiger partial charge in [-0.1, -0.05) is 6.92 Å². The van der Waals surface area contributed by atoms with Crippen LogP contribution in [0.2, 0.25) is 5.28 Å². The van der Waals surface area contributed by atoms with Crippen LogP contribution in [0.3, 0.4) is 0 Å². The molecule has 0 radical (unpaired) electrons. The van der Waals surface area contributed by atoms with Gasteiger partial charge in [0, 0.05) is 6.54 Å². The molecule has 0 fully saturated rings. The number of amides is 1. The van der Waals surface area contributed by atoms with Crippen molar-refractivity contribution < 1.29 is 18.0 Å². The van der Waals surface area contributed by atoms with Crippen molar-refractivity contribution in [1.29, 1.82) is 0 Å². The lowest BCUT2D eigenvalue weighted by atomic mass is 10.1. The van der Waals surface area contributed by atoms with E-state index in [1.54, 1.807) is 6.92 Å².